The molecule has 0 bridgehead atoms. The Bertz CT molecular complexity index is 985. The van der Waals surface area contributed by atoms with E-state index >= 15 is 0 Å². The Hall–Kier alpha value is -3.10. The molecular formula is C20H22F7N3O5. The average molecular weight is 517 g/mol. The summed E-state index contributed by atoms with van der Waals surface area (Å²) in [5, 5.41) is 10.4. The summed E-state index contributed by atoms with van der Waals surface area (Å²) in [6.45, 7) is -1.93. The van der Waals surface area contributed by atoms with Gasteiger partial charge in [0.1, 0.15) is 36.8 Å². The molecule has 0 radical (unpaired) electrons. The topological polar surface area (TPSA) is 113 Å². The van der Waals surface area contributed by atoms with Crippen LogP contribution in [0.4, 0.5) is 36.4 Å². The van der Waals surface area contributed by atoms with Gasteiger partial charge in [-0.2, -0.15) is 26.3 Å². The lowest BCUT2D eigenvalue weighted by atomic mass is 9.95. The number of benzene rings is 1. The van der Waals surface area contributed by atoms with E-state index in [1.807, 2.05) is 0 Å². The van der Waals surface area contributed by atoms with Gasteiger partial charge in [-0.3, -0.25) is 19.3 Å². The first-order chi connectivity index (χ1) is 15.9. The van der Waals surface area contributed by atoms with Crippen molar-refractivity contribution in [2.24, 2.45) is 5.73 Å². The van der Waals surface area contributed by atoms with Gasteiger partial charge < -0.3 is 20.5 Å². The van der Waals surface area contributed by atoms with Gasteiger partial charge in [0.2, 0.25) is 5.60 Å². The number of rotatable bonds is 7. The Morgan fingerprint density at radius 3 is 2.20 bits per heavy atom. The maximum absolute atomic E-state index is 13.9. The van der Waals surface area contributed by atoms with Crippen LogP contribution in [0.5, 0.6) is 5.75 Å². The highest BCUT2D eigenvalue weighted by Crippen LogP contribution is 2.38. The number of ether oxygens (including phenoxy) is 1. The zero-order chi connectivity index (χ0) is 26.9. The van der Waals surface area contributed by atoms with E-state index in [0.29, 0.717) is 6.07 Å². The predicted molar refractivity (Wildman–Crippen MR) is 106 cm³/mol. The van der Waals surface area contributed by atoms with Gasteiger partial charge >= 0.3 is 12.4 Å². The van der Waals surface area contributed by atoms with E-state index in [1.54, 1.807) is 0 Å². The van der Waals surface area contributed by atoms with Crippen molar-refractivity contribution in [3.63, 3.8) is 0 Å². The first-order valence-corrected chi connectivity index (χ1v) is 10.2. The number of aliphatic hydroxyl groups is 1. The molecule has 2 rings (SSSR count). The highest BCUT2D eigenvalue weighted by Gasteiger charge is 2.53. The zero-order valence-electron chi connectivity index (χ0n) is 18.4. The predicted octanol–water partition coefficient (Wildman–Crippen LogP) is 2.28. The molecule has 3 amide bonds. The third-order valence-electron chi connectivity index (χ3n) is 5.32. The Labute approximate surface area is 194 Å². The van der Waals surface area contributed by atoms with Crippen LogP contribution >= 0.6 is 0 Å². The number of fused-ring (bicyclic) bond motifs is 1. The molecule has 0 spiro atoms. The summed E-state index contributed by atoms with van der Waals surface area (Å²) >= 11 is 0. The van der Waals surface area contributed by atoms with Crippen molar-refractivity contribution >= 4 is 23.4 Å². The van der Waals surface area contributed by atoms with Gasteiger partial charge in [0.05, 0.1) is 5.69 Å². The summed E-state index contributed by atoms with van der Waals surface area (Å²) in [5.41, 5.74) is 1.07. The maximum Gasteiger partial charge on any atom is 0.406 e. The Morgan fingerprint density at radius 2 is 1.74 bits per heavy atom. The van der Waals surface area contributed by atoms with E-state index in [-0.39, 0.29) is 16.2 Å². The molecule has 1 aromatic carbocycles. The molecule has 1 aromatic rings. The number of primary amides is 1. The van der Waals surface area contributed by atoms with Crippen molar-refractivity contribution < 1.29 is 55.0 Å². The number of hydrogen-bond donors (Lipinski definition) is 2. The summed E-state index contributed by atoms with van der Waals surface area (Å²) < 4.78 is 99.8. The van der Waals surface area contributed by atoms with E-state index in [4.69, 9.17) is 10.5 Å². The molecule has 0 aliphatic carbocycles. The Morgan fingerprint density at radius 1 is 1.14 bits per heavy atom. The van der Waals surface area contributed by atoms with Crippen LogP contribution in [-0.4, -0.2) is 70.9 Å². The van der Waals surface area contributed by atoms with Crippen LogP contribution in [0.15, 0.2) is 18.2 Å². The molecule has 1 aliphatic heterocycles. The van der Waals surface area contributed by atoms with Crippen LogP contribution in [0, 0.1) is 5.82 Å². The Balaban J connectivity index is 2.76. The van der Waals surface area contributed by atoms with E-state index in [2.05, 4.69) is 0 Å². The van der Waals surface area contributed by atoms with Gasteiger partial charge in [-0.05, 0) is 25.0 Å². The third kappa shape index (κ3) is 6.13. The number of amides is 3. The number of carbonyl (C=O) groups is 3. The first kappa shape index (κ1) is 28.1. The highest BCUT2D eigenvalue weighted by atomic mass is 19.4. The van der Waals surface area contributed by atoms with Gasteiger partial charge in [0, 0.05) is 6.07 Å². The van der Waals surface area contributed by atoms with Crippen LogP contribution in [0.25, 0.3) is 0 Å². The summed E-state index contributed by atoms with van der Waals surface area (Å²) in [5.74, 6) is -6.91. The minimum atomic E-state index is -5.22. The molecule has 3 N–H and O–H groups in total. The molecule has 0 fully saturated rings. The lowest BCUT2D eigenvalue weighted by Crippen LogP contribution is -2.65. The monoisotopic (exact) mass is 517 g/mol. The average Bonchev–Trinajstić information content (AvgIpc) is 2.84. The van der Waals surface area contributed by atoms with Crippen molar-refractivity contribution in [1.29, 1.82) is 0 Å². The molecule has 1 heterocycles. The van der Waals surface area contributed by atoms with Crippen LogP contribution in [0.1, 0.15) is 26.7 Å². The normalized spacial score (nSPS) is 20.4. The summed E-state index contributed by atoms with van der Waals surface area (Å²) in [6.07, 6.45) is -13.1. The van der Waals surface area contributed by atoms with Crippen LogP contribution in [-0.2, 0) is 14.4 Å². The van der Waals surface area contributed by atoms with Gasteiger partial charge in [0.15, 0.2) is 0 Å². The van der Waals surface area contributed by atoms with E-state index < -0.39 is 84.6 Å². The third-order valence-corrected chi connectivity index (χ3v) is 5.32. The molecule has 15 heteroatoms. The van der Waals surface area contributed by atoms with Gasteiger partial charge in [-0.15, -0.1) is 0 Å². The summed E-state index contributed by atoms with van der Waals surface area (Å²) in [4.78, 5) is 37.8. The van der Waals surface area contributed by atoms with Crippen molar-refractivity contribution in [2.45, 2.75) is 56.8 Å². The van der Waals surface area contributed by atoms with Gasteiger partial charge in [-0.25, -0.2) is 4.39 Å². The van der Waals surface area contributed by atoms with E-state index in [1.165, 1.54) is 6.92 Å². The van der Waals surface area contributed by atoms with Crippen LogP contribution in [0.2, 0.25) is 0 Å². The standard InChI is InChI=1S/C20H22F7N3O5/c1-3-12-14(30(9-20(25,26)27)17(33)18(34,4-2)16(28)32)15(31)29(8-19(22,23)24)11-7-10(21)5-6-13(11)35-12/h5-7,12,14,34H,3-4,8-9H2,1-2H3,(H2,28,32)/t12-,14?,18?/m1/s1. The second kappa shape index (κ2) is 9.87. The highest BCUT2D eigenvalue weighted by molar-refractivity contribution is 6.10. The smallest absolute Gasteiger partial charge is 0.406 e. The number of halogens is 7. The lowest BCUT2D eigenvalue weighted by molar-refractivity contribution is -0.184. The molecule has 0 saturated heterocycles. The summed E-state index contributed by atoms with van der Waals surface area (Å²) in [7, 11) is 0. The fourth-order valence-corrected chi connectivity index (χ4v) is 3.61. The van der Waals surface area contributed by atoms with E-state index in [0.717, 1.165) is 19.1 Å². The van der Waals surface area contributed by atoms with Crippen molar-refractivity contribution in [1.82, 2.24) is 4.90 Å². The minimum Gasteiger partial charge on any atom is -0.486 e. The second-order valence-electron chi connectivity index (χ2n) is 7.79. The zero-order valence-corrected chi connectivity index (χ0v) is 18.4. The van der Waals surface area contributed by atoms with Gasteiger partial charge in [0.25, 0.3) is 17.7 Å². The molecule has 0 aromatic heterocycles. The fourth-order valence-electron chi connectivity index (χ4n) is 3.61. The van der Waals surface area contributed by atoms with Crippen LogP contribution in [0.3, 0.4) is 0 Å². The van der Waals surface area contributed by atoms with Crippen molar-refractivity contribution in [2.75, 3.05) is 18.0 Å². The number of carbonyl (C=O) groups excluding carboxylic acids is 3. The second-order valence-corrected chi connectivity index (χ2v) is 7.79. The SMILES string of the molecule is CC[C@H]1Oc2ccc(F)cc2N(CC(F)(F)F)C(=O)C1N(CC(F)(F)F)C(=O)C(O)(CC)C(N)=O. The molecule has 2 unspecified atom stereocenters. The number of hydrogen-bond acceptors (Lipinski definition) is 5. The number of alkyl halides is 6. The van der Waals surface area contributed by atoms with Gasteiger partial charge in [-0.1, -0.05) is 13.8 Å². The van der Waals surface area contributed by atoms with Crippen molar-refractivity contribution in [3.8, 4) is 5.75 Å². The quantitative estimate of drug-likeness (QED) is 0.426. The Kier molecular flexibility index (Phi) is 7.94. The number of anilines is 1. The maximum atomic E-state index is 13.9. The molecule has 0 saturated carbocycles. The van der Waals surface area contributed by atoms with E-state index in [9.17, 15) is 50.2 Å². The van der Waals surface area contributed by atoms with Crippen LogP contribution < -0.4 is 15.4 Å². The molecule has 8 nitrogen and oxygen atoms in total. The molecule has 3 atom stereocenters. The van der Waals surface area contributed by atoms with Crippen molar-refractivity contribution in [3.05, 3.63) is 24.0 Å². The molecule has 1 aliphatic rings. The largest absolute Gasteiger partial charge is 0.486 e. The number of nitrogens with zero attached hydrogens (tertiary/aromatic N) is 2. The lowest BCUT2D eigenvalue weighted by Gasteiger charge is -2.39. The summed E-state index contributed by atoms with van der Waals surface area (Å²) in [6, 6.07) is -0.197. The number of nitrogens with two attached hydrogens (primary N) is 1. The first-order valence-electron chi connectivity index (χ1n) is 10.2. The minimum absolute atomic E-state index is 0.0509. The molecule has 35 heavy (non-hydrogen) atoms. The molecular weight excluding hydrogens is 495 g/mol. The fraction of sp³-hybridized carbons (Fsp3) is 0.550. The molecule has 196 valence electrons.